The molecule has 0 bridgehead atoms. The minimum atomic E-state index is -1.14. The Morgan fingerprint density at radius 2 is 1.88 bits per heavy atom. The summed E-state index contributed by atoms with van der Waals surface area (Å²) in [5.41, 5.74) is 0.106. The lowest BCUT2D eigenvalue weighted by atomic mass is 10.1. The molecule has 1 unspecified atom stereocenters. The molecule has 0 aliphatic carbocycles. The van der Waals surface area contributed by atoms with Gasteiger partial charge in [0.1, 0.15) is 17.7 Å². The maximum atomic E-state index is 10.7. The van der Waals surface area contributed by atoms with Crippen LogP contribution < -0.4 is 4.90 Å². The summed E-state index contributed by atoms with van der Waals surface area (Å²) >= 11 is 6.25. The predicted molar refractivity (Wildman–Crippen MR) is 97.4 cm³/mol. The molecule has 0 radical (unpaired) electrons. The quantitative estimate of drug-likeness (QED) is 0.816. The van der Waals surface area contributed by atoms with E-state index in [1.165, 1.54) is 0 Å². The van der Waals surface area contributed by atoms with Crippen LogP contribution in [0.1, 0.15) is 45.2 Å². The van der Waals surface area contributed by atoms with Crippen LogP contribution in [0.2, 0.25) is 5.28 Å². The van der Waals surface area contributed by atoms with Crippen molar-refractivity contribution >= 4 is 28.6 Å². The third-order valence-electron chi connectivity index (χ3n) is 4.80. The fourth-order valence-electron chi connectivity index (χ4n) is 3.56. The number of aromatic nitrogens is 4. The van der Waals surface area contributed by atoms with E-state index in [4.69, 9.17) is 26.1 Å². The van der Waals surface area contributed by atoms with Crippen LogP contribution in [0.25, 0.3) is 11.2 Å². The van der Waals surface area contributed by atoms with Crippen LogP contribution in [0.5, 0.6) is 0 Å². The summed E-state index contributed by atoms with van der Waals surface area (Å²) in [6, 6.07) is 0. The summed E-state index contributed by atoms with van der Waals surface area (Å²) in [4.78, 5) is 15.7. The first kappa shape index (κ1) is 17.9. The molecule has 8 nitrogen and oxygen atoms in total. The highest BCUT2D eigenvalue weighted by Crippen LogP contribution is 2.35. The molecule has 1 atom stereocenters. The van der Waals surface area contributed by atoms with Gasteiger partial charge in [0.05, 0.1) is 13.2 Å². The Labute approximate surface area is 157 Å². The zero-order chi connectivity index (χ0) is 18.3. The first-order valence-corrected chi connectivity index (χ1v) is 9.45. The molecular formula is C17H24ClN5O3. The van der Waals surface area contributed by atoms with Gasteiger partial charge in [-0.3, -0.25) is 4.57 Å². The van der Waals surface area contributed by atoms with Crippen molar-refractivity contribution in [2.45, 2.75) is 44.9 Å². The van der Waals surface area contributed by atoms with Gasteiger partial charge in [0.2, 0.25) is 5.28 Å². The maximum Gasteiger partial charge on any atom is 0.226 e. The van der Waals surface area contributed by atoms with Crippen LogP contribution in [0.4, 0.5) is 5.82 Å². The standard InChI is InChI=1S/C17H24ClN5O3/c1-17(2,24)15-19-12-13(22-6-9-25-10-7-22)20-16(18)21-14(12)23(15)11-5-3-4-8-26-11/h11,24H,3-10H2,1-2H3. The van der Waals surface area contributed by atoms with Crippen molar-refractivity contribution < 1.29 is 14.6 Å². The first-order chi connectivity index (χ1) is 12.4. The molecule has 0 saturated carbocycles. The summed E-state index contributed by atoms with van der Waals surface area (Å²) in [7, 11) is 0. The van der Waals surface area contributed by atoms with Crippen molar-refractivity contribution in [3.05, 3.63) is 11.1 Å². The van der Waals surface area contributed by atoms with Gasteiger partial charge in [-0.2, -0.15) is 9.97 Å². The molecule has 4 rings (SSSR count). The second-order valence-corrected chi connectivity index (χ2v) is 7.61. The minimum Gasteiger partial charge on any atom is -0.383 e. The zero-order valence-electron chi connectivity index (χ0n) is 15.1. The van der Waals surface area contributed by atoms with E-state index in [2.05, 4.69) is 14.9 Å². The highest BCUT2D eigenvalue weighted by molar-refractivity contribution is 6.28. The van der Waals surface area contributed by atoms with E-state index in [-0.39, 0.29) is 11.5 Å². The summed E-state index contributed by atoms with van der Waals surface area (Å²) in [5, 5.41) is 10.9. The molecule has 1 N–H and O–H groups in total. The lowest BCUT2D eigenvalue weighted by Gasteiger charge is -2.29. The number of halogens is 1. The average molecular weight is 382 g/mol. The van der Waals surface area contributed by atoms with Gasteiger partial charge in [-0.05, 0) is 44.7 Å². The number of hydrogen-bond acceptors (Lipinski definition) is 7. The van der Waals surface area contributed by atoms with Crippen LogP contribution in [0, 0.1) is 0 Å². The van der Waals surface area contributed by atoms with Crippen LogP contribution >= 0.6 is 11.6 Å². The number of anilines is 1. The Morgan fingerprint density at radius 1 is 1.12 bits per heavy atom. The smallest absolute Gasteiger partial charge is 0.226 e. The SMILES string of the molecule is CC(C)(O)c1nc2c(N3CCOCC3)nc(Cl)nc2n1C1CCCCO1. The molecule has 0 amide bonds. The highest BCUT2D eigenvalue weighted by atomic mass is 35.5. The lowest BCUT2D eigenvalue weighted by Crippen LogP contribution is -2.37. The van der Waals surface area contributed by atoms with E-state index in [0.717, 1.165) is 19.3 Å². The molecule has 2 saturated heterocycles. The maximum absolute atomic E-state index is 10.7. The van der Waals surface area contributed by atoms with E-state index >= 15 is 0 Å². The van der Waals surface area contributed by atoms with Crippen LogP contribution in [0.15, 0.2) is 0 Å². The third-order valence-corrected chi connectivity index (χ3v) is 4.96. The normalized spacial score (nSPS) is 22.2. The molecule has 142 valence electrons. The largest absolute Gasteiger partial charge is 0.383 e. The number of ether oxygens (including phenoxy) is 2. The zero-order valence-corrected chi connectivity index (χ0v) is 15.9. The summed E-state index contributed by atoms with van der Waals surface area (Å²) in [5.74, 6) is 1.20. The van der Waals surface area contributed by atoms with Gasteiger partial charge < -0.3 is 19.5 Å². The van der Waals surface area contributed by atoms with Crippen LogP contribution in [-0.2, 0) is 15.1 Å². The Hall–Kier alpha value is -1.48. The second kappa shape index (κ2) is 6.92. The van der Waals surface area contributed by atoms with Gasteiger partial charge in [0.25, 0.3) is 0 Å². The van der Waals surface area contributed by atoms with Gasteiger partial charge in [-0.1, -0.05) is 0 Å². The number of fused-ring (bicyclic) bond motifs is 1. The molecule has 2 aliphatic rings. The molecule has 4 heterocycles. The van der Waals surface area contributed by atoms with E-state index in [9.17, 15) is 5.11 Å². The number of imidazole rings is 1. The van der Waals surface area contributed by atoms with E-state index < -0.39 is 5.60 Å². The summed E-state index contributed by atoms with van der Waals surface area (Å²) in [6.07, 6.45) is 2.74. The van der Waals surface area contributed by atoms with E-state index in [1.54, 1.807) is 13.8 Å². The molecule has 0 spiro atoms. The van der Waals surface area contributed by atoms with Crippen LogP contribution in [-0.4, -0.2) is 57.5 Å². The first-order valence-electron chi connectivity index (χ1n) is 9.08. The van der Waals surface area contributed by atoms with Crippen molar-refractivity contribution in [2.75, 3.05) is 37.8 Å². The minimum absolute atomic E-state index is 0.165. The number of rotatable bonds is 3. The number of nitrogens with zero attached hydrogens (tertiary/aromatic N) is 5. The fourth-order valence-corrected chi connectivity index (χ4v) is 3.72. The molecule has 2 aromatic heterocycles. The summed E-state index contributed by atoms with van der Waals surface area (Å²) in [6.45, 7) is 6.82. The highest BCUT2D eigenvalue weighted by Gasteiger charge is 2.33. The summed E-state index contributed by atoms with van der Waals surface area (Å²) < 4.78 is 13.3. The second-order valence-electron chi connectivity index (χ2n) is 7.27. The Kier molecular flexibility index (Phi) is 4.77. The Bertz CT molecular complexity index is 792. The Balaban J connectivity index is 1.91. The molecule has 2 aromatic rings. The van der Waals surface area contributed by atoms with Crippen molar-refractivity contribution in [1.29, 1.82) is 0 Å². The van der Waals surface area contributed by atoms with E-state index in [0.29, 0.717) is 55.7 Å². The van der Waals surface area contributed by atoms with Gasteiger partial charge >= 0.3 is 0 Å². The van der Waals surface area contributed by atoms with Gasteiger partial charge in [-0.25, -0.2) is 4.98 Å². The number of hydrogen-bond donors (Lipinski definition) is 1. The topological polar surface area (TPSA) is 85.5 Å². The van der Waals surface area contributed by atoms with Gasteiger partial charge in [0, 0.05) is 19.7 Å². The lowest BCUT2D eigenvalue weighted by molar-refractivity contribution is -0.0405. The van der Waals surface area contributed by atoms with Crippen molar-refractivity contribution in [2.24, 2.45) is 0 Å². The fraction of sp³-hybridized carbons (Fsp3) is 0.706. The van der Waals surface area contributed by atoms with Crippen LogP contribution in [0.3, 0.4) is 0 Å². The molecule has 26 heavy (non-hydrogen) atoms. The van der Waals surface area contributed by atoms with E-state index in [1.807, 2.05) is 4.57 Å². The van der Waals surface area contributed by atoms with Gasteiger partial charge in [-0.15, -0.1) is 0 Å². The average Bonchev–Trinajstić information content (AvgIpc) is 3.02. The number of morpholine rings is 1. The molecular weight excluding hydrogens is 358 g/mol. The third kappa shape index (κ3) is 3.26. The van der Waals surface area contributed by atoms with Crippen molar-refractivity contribution in [3.63, 3.8) is 0 Å². The number of aliphatic hydroxyl groups is 1. The molecule has 2 aliphatic heterocycles. The monoisotopic (exact) mass is 381 g/mol. The van der Waals surface area contributed by atoms with Gasteiger partial charge in [0.15, 0.2) is 17.0 Å². The molecule has 2 fully saturated rings. The van der Waals surface area contributed by atoms with Crippen molar-refractivity contribution in [1.82, 2.24) is 19.5 Å². The molecule has 0 aromatic carbocycles. The van der Waals surface area contributed by atoms with Crippen molar-refractivity contribution in [3.8, 4) is 0 Å². The predicted octanol–water partition coefficient (Wildman–Crippen LogP) is 2.24. The molecule has 9 heteroatoms. The Morgan fingerprint density at radius 3 is 2.54 bits per heavy atom.